The van der Waals surface area contributed by atoms with E-state index in [0.29, 0.717) is 0 Å². The van der Waals surface area contributed by atoms with E-state index in [-0.39, 0.29) is 0 Å². The van der Waals surface area contributed by atoms with Crippen LogP contribution in [0.1, 0.15) is 0 Å². The summed E-state index contributed by atoms with van der Waals surface area (Å²) in [6, 6.07) is 46.2. The highest BCUT2D eigenvalue weighted by molar-refractivity contribution is 6.01. The second kappa shape index (κ2) is 8.81. The number of hydrogen-bond donors (Lipinski definition) is 0. The molecule has 7 rings (SSSR count). The normalized spacial score (nSPS) is 12.2. The Bertz CT molecular complexity index is 1630. The average molecular weight is 478 g/mol. The van der Waals surface area contributed by atoms with Gasteiger partial charge in [-0.15, -0.1) is 5.10 Å². The Morgan fingerprint density at radius 2 is 0.838 bits per heavy atom. The number of fused-ring (bicyclic) bond motifs is 2. The van der Waals surface area contributed by atoms with Gasteiger partial charge in [0.05, 0.1) is 34.6 Å². The Hall–Kier alpha value is -5.16. The van der Waals surface area contributed by atoms with Gasteiger partial charge < -0.3 is 9.80 Å². The first-order chi connectivity index (χ1) is 18.4. The molecule has 1 aromatic heterocycles. The molecule has 37 heavy (non-hydrogen) atoms. The quantitative estimate of drug-likeness (QED) is 0.256. The van der Waals surface area contributed by atoms with Crippen molar-refractivity contribution in [1.82, 2.24) is 15.0 Å². The molecule has 0 aliphatic carbocycles. The fourth-order valence-corrected chi connectivity index (χ4v) is 4.96. The third-order valence-corrected chi connectivity index (χ3v) is 6.68. The molecule has 2 heterocycles. The molecule has 0 atom stereocenters. The van der Waals surface area contributed by atoms with Crippen molar-refractivity contribution in [3.05, 3.63) is 140 Å². The fourth-order valence-electron chi connectivity index (χ4n) is 4.96. The maximum absolute atomic E-state index is 4.37. The Balaban J connectivity index is 1.30. The zero-order valence-electron chi connectivity index (χ0n) is 20.0. The van der Waals surface area contributed by atoms with Crippen LogP contribution in [-0.4, -0.2) is 15.0 Å². The third kappa shape index (κ3) is 3.65. The van der Waals surface area contributed by atoms with Gasteiger partial charge in [-0.25, -0.2) is 4.68 Å². The number of nitrogens with zero attached hydrogens (tertiary/aromatic N) is 5. The van der Waals surface area contributed by atoms with Crippen molar-refractivity contribution in [3.8, 4) is 16.9 Å². The van der Waals surface area contributed by atoms with Crippen molar-refractivity contribution in [2.45, 2.75) is 0 Å². The van der Waals surface area contributed by atoms with Gasteiger partial charge in [-0.2, -0.15) is 0 Å². The molecule has 0 spiro atoms. The Morgan fingerprint density at radius 1 is 0.405 bits per heavy atom. The van der Waals surface area contributed by atoms with E-state index in [9.17, 15) is 0 Å². The van der Waals surface area contributed by atoms with Crippen LogP contribution in [-0.2, 0) is 0 Å². The van der Waals surface area contributed by atoms with E-state index in [1.165, 1.54) is 0 Å². The number of benzene rings is 5. The molecule has 6 aromatic rings. The SMILES string of the molecule is c1ccc(-c2cn(-c3ccc(N4c5ccccc5N(c5ccccc5)c5ccccc54)cc3)nn2)cc1. The van der Waals surface area contributed by atoms with E-state index in [1.54, 1.807) is 0 Å². The molecule has 5 aromatic carbocycles. The van der Waals surface area contributed by atoms with Crippen molar-refractivity contribution < 1.29 is 0 Å². The van der Waals surface area contributed by atoms with E-state index in [4.69, 9.17) is 0 Å². The van der Waals surface area contributed by atoms with Crippen LogP contribution in [0.4, 0.5) is 34.1 Å². The topological polar surface area (TPSA) is 37.2 Å². The lowest BCUT2D eigenvalue weighted by molar-refractivity contribution is 0.804. The molecule has 0 amide bonds. The van der Waals surface area contributed by atoms with Gasteiger partial charge in [0.15, 0.2) is 0 Å². The predicted molar refractivity (Wildman–Crippen MR) is 150 cm³/mol. The third-order valence-electron chi connectivity index (χ3n) is 6.68. The van der Waals surface area contributed by atoms with E-state index < -0.39 is 0 Å². The highest BCUT2D eigenvalue weighted by Crippen LogP contribution is 2.53. The lowest BCUT2D eigenvalue weighted by atomic mass is 10.0. The van der Waals surface area contributed by atoms with Crippen molar-refractivity contribution in [3.63, 3.8) is 0 Å². The van der Waals surface area contributed by atoms with Crippen molar-refractivity contribution in [2.24, 2.45) is 0 Å². The van der Waals surface area contributed by atoms with Gasteiger partial charge in [0.1, 0.15) is 5.69 Å². The number of anilines is 6. The van der Waals surface area contributed by atoms with Crippen LogP contribution < -0.4 is 9.80 Å². The summed E-state index contributed by atoms with van der Waals surface area (Å²) in [5.41, 5.74) is 9.62. The Morgan fingerprint density at radius 3 is 1.38 bits per heavy atom. The molecule has 0 saturated heterocycles. The zero-order chi connectivity index (χ0) is 24.6. The van der Waals surface area contributed by atoms with E-state index in [0.717, 1.165) is 51.1 Å². The minimum absolute atomic E-state index is 0.851. The van der Waals surface area contributed by atoms with E-state index in [1.807, 2.05) is 41.2 Å². The van der Waals surface area contributed by atoms with E-state index in [2.05, 4.69) is 123 Å². The predicted octanol–water partition coefficient (Wildman–Crippen LogP) is 8.19. The van der Waals surface area contributed by atoms with Crippen LogP contribution in [0.25, 0.3) is 16.9 Å². The van der Waals surface area contributed by atoms with Crippen LogP contribution >= 0.6 is 0 Å². The summed E-state index contributed by atoms with van der Waals surface area (Å²) in [6.45, 7) is 0. The molecule has 1 aliphatic rings. The maximum atomic E-state index is 4.37. The summed E-state index contributed by atoms with van der Waals surface area (Å²) in [5, 5.41) is 8.74. The molecule has 5 nitrogen and oxygen atoms in total. The Kier molecular flexibility index (Phi) is 5.03. The summed E-state index contributed by atoms with van der Waals surface area (Å²) in [6.07, 6.45) is 1.97. The van der Waals surface area contributed by atoms with Crippen LogP contribution in [0.3, 0.4) is 0 Å². The summed E-state index contributed by atoms with van der Waals surface area (Å²) in [4.78, 5) is 4.65. The molecule has 1 aliphatic heterocycles. The average Bonchev–Trinajstić information content (AvgIpc) is 3.47. The zero-order valence-corrected chi connectivity index (χ0v) is 20.0. The van der Waals surface area contributed by atoms with Crippen LogP contribution in [0.15, 0.2) is 140 Å². The van der Waals surface area contributed by atoms with Gasteiger partial charge >= 0.3 is 0 Å². The molecule has 5 heteroatoms. The second-order valence-corrected chi connectivity index (χ2v) is 8.91. The first-order valence-corrected chi connectivity index (χ1v) is 12.3. The minimum Gasteiger partial charge on any atom is -0.306 e. The summed E-state index contributed by atoms with van der Waals surface area (Å²) >= 11 is 0. The molecule has 0 radical (unpaired) electrons. The standard InChI is InChI=1S/C32H23N5/c1-3-11-24(12-4-1)28-23-35(34-33-28)25-19-21-27(22-20-25)37-31-17-9-7-15-29(31)36(26-13-5-2-6-14-26)30-16-8-10-18-32(30)37/h1-23H. The van der Waals surface area contributed by atoms with Gasteiger partial charge in [-0.1, -0.05) is 78.0 Å². The fraction of sp³-hybridized carbons (Fsp3) is 0. The monoisotopic (exact) mass is 477 g/mol. The summed E-state index contributed by atoms with van der Waals surface area (Å²) < 4.78 is 1.82. The molecule has 0 bridgehead atoms. The van der Waals surface area contributed by atoms with Gasteiger partial charge in [-0.3, -0.25) is 0 Å². The van der Waals surface area contributed by atoms with Gasteiger partial charge in [0, 0.05) is 16.9 Å². The maximum Gasteiger partial charge on any atom is 0.113 e. The molecule has 0 N–H and O–H groups in total. The lowest BCUT2D eigenvalue weighted by Crippen LogP contribution is -2.23. The minimum atomic E-state index is 0.851. The first kappa shape index (κ1) is 21.1. The number of para-hydroxylation sites is 5. The number of rotatable bonds is 4. The van der Waals surface area contributed by atoms with Crippen molar-refractivity contribution in [2.75, 3.05) is 9.80 Å². The smallest absolute Gasteiger partial charge is 0.113 e. The Labute approximate surface area is 215 Å². The molecule has 0 saturated carbocycles. The summed E-state index contributed by atoms with van der Waals surface area (Å²) in [7, 11) is 0. The van der Waals surface area contributed by atoms with Gasteiger partial charge in [-0.05, 0) is 60.7 Å². The molecule has 0 fully saturated rings. The second-order valence-electron chi connectivity index (χ2n) is 8.91. The molecular weight excluding hydrogens is 454 g/mol. The van der Waals surface area contributed by atoms with Crippen LogP contribution in [0.5, 0.6) is 0 Å². The van der Waals surface area contributed by atoms with Crippen molar-refractivity contribution in [1.29, 1.82) is 0 Å². The highest BCUT2D eigenvalue weighted by Gasteiger charge is 2.29. The largest absolute Gasteiger partial charge is 0.306 e. The molecule has 0 unspecified atom stereocenters. The van der Waals surface area contributed by atoms with Gasteiger partial charge in [0.25, 0.3) is 0 Å². The number of aromatic nitrogens is 3. The lowest BCUT2D eigenvalue weighted by Gasteiger charge is -2.40. The van der Waals surface area contributed by atoms with Crippen LogP contribution in [0.2, 0.25) is 0 Å². The summed E-state index contributed by atoms with van der Waals surface area (Å²) in [5.74, 6) is 0. The van der Waals surface area contributed by atoms with Crippen molar-refractivity contribution >= 4 is 34.1 Å². The van der Waals surface area contributed by atoms with Crippen LogP contribution in [0, 0.1) is 0 Å². The first-order valence-electron chi connectivity index (χ1n) is 12.3. The number of hydrogen-bond acceptors (Lipinski definition) is 4. The molecule has 176 valence electrons. The molecular formula is C32H23N5. The van der Waals surface area contributed by atoms with Gasteiger partial charge in [0.2, 0.25) is 0 Å². The van der Waals surface area contributed by atoms with E-state index >= 15 is 0 Å². The highest BCUT2D eigenvalue weighted by atomic mass is 15.4.